The average molecular weight is 923 g/mol. The van der Waals surface area contributed by atoms with Crippen LogP contribution < -0.4 is 36.4 Å². The molecule has 4 aromatic rings. The van der Waals surface area contributed by atoms with Gasteiger partial charge in [-0.15, -0.1) is 0 Å². The summed E-state index contributed by atoms with van der Waals surface area (Å²) in [6.07, 6.45) is 1.38. The van der Waals surface area contributed by atoms with Crippen LogP contribution in [-0.4, -0.2) is 87.9 Å². The van der Waals surface area contributed by atoms with Gasteiger partial charge in [-0.1, -0.05) is 47.5 Å². The predicted octanol–water partition coefficient (Wildman–Crippen LogP) is 6.91. The highest BCUT2D eigenvalue weighted by atomic mass is 16.6. The second kappa shape index (κ2) is 23.3. The van der Waals surface area contributed by atoms with Gasteiger partial charge in [-0.2, -0.15) is 0 Å². The van der Waals surface area contributed by atoms with Crippen molar-refractivity contribution in [2.45, 2.75) is 117 Å². The quantitative estimate of drug-likeness (QED) is 0.0510. The molecule has 5 amide bonds. The fourth-order valence-corrected chi connectivity index (χ4v) is 8.00. The second-order valence-corrected chi connectivity index (χ2v) is 18.6. The van der Waals surface area contributed by atoms with Crippen molar-refractivity contribution in [1.29, 1.82) is 0 Å². The molecule has 2 aliphatic rings. The SMILES string of the molecule is Cc1ccc(C)c(COc2ccc(C(=O)NC3(CC(=O)NO)CCN(C(=O)OC(C)(C)C)CC3)cc2)c1.Cc1ccc(C)c(COc2ccc(C(=O)NC3(CC(=O)NO)CCNCC3)cc2)c1. The Labute approximate surface area is 393 Å². The van der Waals surface area contributed by atoms with Crippen molar-refractivity contribution in [3.05, 3.63) is 129 Å². The maximum absolute atomic E-state index is 13.1. The Morgan fingerprint density at radius 2 is 1.01 bits per heavy atom. The number of ether oxygens (including phenoxy) is 3. The van der Waals surface area contributed by atoms with E-state index in [1.165, 1.54) is 11.1 Å². The lowest BCUT2D eigenvalue weighted by molar-refractivity contribution is -0.131. The maximum Gasteiger partial charge on any atom is 0.410 e. The van der Waals surface area contributed by atoms with Crippen molar-refractivity contribution in [2.24, 2.45) is 0 Å². The normalized spacial score (nSPS) is 15.1. The van der Waals surface area contributed by atoms with E-state index in [9.17, 15) is 24.0 Å². The van der Waals surface area contributed by atoms with Crippen molar-refractivity contribution >= 4 is 29.7 Å². The average Bonchev–Trinajstić information content (AvgIpc) is 3.30. The second-order valence-electron chi connectivity index (χ2n) is 18.6. The molecule has 0 saturated carbocycles. The molecule has 360 valence electrons. The molecule has 0 unspecified atom stereocenters. The predicted molar refractivity (Wildman–Crippen MR) is 252 cm³/mol. The lowest BCUT2D eigenvalue weighted by atomic mass is 9.83. The van der Waals surface area contributed by atoms with Crippen LogP contribution in [0.15, 0.2) is 84.9 Å². The van der Waals surface area contributed by atoms with Gasteiger partial charge in [-0.3, -0.25) is 29.6 Å². The van der Waals surface area contributed by atoms with E-state index in [0.717, 1.165) is 22.3 Å². The fourth-order valence-electron chi connectivity index (χ4n) is 8.00. The van der Waals surface area contributed by atoms with Crippen LogP contribution in [0.3, 0.4) is 0 Å². The minimum Gasteiger partial charge on any atom is -0.489 e. The summed E-state index contributed by atoms with van der Waals surface area (Å²) in [6.45, 7) is 16.5. The van der Waals surface area contributed by atoms with Crippen LogP contribution in [0.1, 0.15) is 113 Å². The molecule has 0 radical (unpaired) electrons. The number of carbonyl (C=O) groups is 5. The molecule has 67 heavy (non-hydrogen) atoms. The van der Waals surface area contributed by atoms with Crippen molar-refractivity contribution < 1.29 is 48.6 Å². The summed E-state index contributed by atoms with van der Waals surface area (Å²) in [4.78, 5) is 63.7. The molecule has 16 nitrogen and oxygen atoms in total. The number of likely N-dealkylation sites (tertiary alicyclic amines) is 1. The molecule has 7 N–H and O–H groups in total. The third-order valence-corrected chi connectivity index (χ3v) is 12.0. The Bertz CT molecular complexity index is 2330. The topological polar surface area (TPSA) is 217 Å². The van der Waals surface area contributed by atoms with Crippen molar-refractivity contribution in [3.8, 4) is 11.5 Å². The molecule has 2 fully saturated rings. The van der Waals surface area contributed by atoms with Crippen LogP contribution in [0.4, 0.5) is 4.79 Å². The van der Waals surface area contributed by atoms with Gasteiger partial charge in [0, 0.05) is 24.2 Å². The Morgan fingerprint density at radius 3 is 1.40 bits per heavy atom. The smallest absolute Gasteiger partial charge is 0.410 e. The first-order valence-corrected chi connectivity index (χ1v) is 22.6. The van der Waals surface area contributed by atoms with Crippen LogP contribution in [0.2, 0.25) is 0 Å². The Morgan fingerprint density at radius 1 is 0.612 bits per heavy atom. The van der Waals surface area contributed by atoms with Crippen molar-refractivity contribution in [2.75, 3.05) is 26.2 Å². The Kier molecular flexibility index (Phi) is 17.9. The first kappa shape index (κ1) is 51.5. The highest BCUT2D eigenvalue weighted by Gasteiger charge is 2.40. The van der Waals surface area contributed by atoms with Crippen LogP contribution in [0.5, 0.6) is 11.5 Å². The van der Waals surface area contributed by atoms with E-state index >= 15 is 0 Å². The molecule has 0 aliphatic carbocycles. The lowest BCUT2D eigenvalue weighted by Crippen LogP contribution is -2.58. The number of aryl methyl sites for hydroxylation is 4. The fraction of sp³-hybridized carbons (Fsp3) is 0.431. The van der Waals surface area contributed by atoms with E-state index in [-0.39, 0.29) is 24.7 Å². The van der Waals surface area contributed by atoms with Gasteiger partial charge in [0.05, 0.1) is 23.9 Å². The monoisotopic (exact) mass is 922 g/mol. The number of piperidine rings is 2. The standard InChI is InChI=1S/C28H37N3O6.C23H29N3O4/c1-19-6-7-20(2)22(16-19)18-36-23-10-8-21(9-11-23)25(33)29-28(17-24(32)30-35)12-14-31(15-13-28)26(34)37-27(3,4)5;1-16-3-4-17(2)19(13-16)15-30-20-7-5-18(6-8-20)22(28)25-23(14-21(27)26-29)9-11-24-12-10-23/h6-11,16,35H,12-15,17-18H2,1-5H3,(H,29,33)(H,30,32);3-8,13,24,29H,9-12,14-15H2,1-2H3,(H,25,28)(H,26,27). The maximum atomic E-state index is 13.1. The molecular formula is C51H66N6O10. The molecule has 0 atom stereocenters. The van der Waals surface area contributed by atoms with Gasteiger partial charge in [0.1, 0.15) is 30.3 Å². The number of rotatable bonds is 14. The van der Waals surface area contributed by atoms with Gasteiger partial charge >= 0.3 is 6.09 Å². The number of hydroxylamine groups is 2. The third-order valence-electron chi connectivity index (χ3n) is 12.0. The van der Waals surface area contributed by atoms with Crippen LogP contribution in [0, 0.1) is 27.7 Å². The Balaban J connectivity index is 0.000000256. The van der Waals surface area contributed by atoms with E-state index in [1.54, 1.807) is 85.2 Å². The van der Waals surface area contributed by atoms with Gasteiger partial charge in [0.15, 0.2) is 0 Å². The van der Waals surface area contributed by atoms with Gasteiger partial charge < -0.3 is 35.1 Å². The van der Waals surface area contributed by atoms with Crippen LogP contribution in [0.25, 0.3) is 0 Å². The van der Waals surface area contributed by atoms with Gasteiger partial charge in [0.2, 0.25) is 11.8 Å². The highest BCUT2D eigenvalue weighted by Crippen LogP contribution is 2.29. The molecule has 16 heteroatoms. The zero-order valence-corrected chi connectivity index (χ0v) is 39.7. The van der Waals surface area contributed by atoms with E-state index in [4.69, 9.17) is 24.6 Å². The number of nitrogens with zero attached hydrogens (tertiary/aromatic N) is 1. The van der Waals surface area contributed by atoms with Crippen LogP contribution >= 0.6 is 0 Å². The number of nitrogens with one attached hydrogen (secondary N) is 5. The summed E-state index contributed by atoms with van der Waals surface area (Å²) >= 11 is 0. The number of hydrogen-bond acceptors (Lipinski definition) is 11. The Hall–Kier alpha value is -6.49. The summed E-state index contributed by atoms with van der Waals surface area (Å²) in [7, 11) is 0. The van der Waals surface area contributed by atoms with Crippen LogP contribution in [-0.2, 0) is 27.5 Å². The molecule has 2 heterocycles. The summed E-state index contributed by atoms with van der Waals surface area (Å²) in [6, 6.07) is 26.3. The highest BCUT2D eigenvalue weighted by molar-refractivity contribution is 5.96. The zero-order chi connectivity index (χ0) is 48.8. The third kappa shape index (κ3) is 15.5. The lowest BCUT2D eigenvalue weighted by Gasteiger charge is -2.42. The van der Waals surface area contributed by atoms with Gasteiger partial charge in [-0.25, -0.2) is 15.8 Å². The van der Waals surface area contributed by atoms with Crippen molar-refractivity contribution in [3.63, 3.8) is 0 Å². The van der Waals surface area contributed by atoms with E-state index in [0.29, 0.717) is 87.7 Å². The number of carbonyl (C=O) groups excluding carboxylic acids is 5. The summed E-state index contributed by atoms with van der Waals surface area (Å²) in [5.74, 6) is -0.393. The molecular weight excluding hydrogens is 857 g/mol. The van der Waals surface area contributed by atoms with Gasteiger partial charge in [-0.05, 0) is 158 Å². The zero-order valence-electron chi connectivity index (χ0n) is 39.7. The molecule has 2 aliphatic heterocycles. The molecule has 0 bridgehead atoms. The number of amides is 5. The van der Waals surface area contributed by atoms with E-state index in [1.807, 2.05) is 13.8 Å². The molecule has 4 aromatic carbocycles. The van der Waals surface area contributed by atoms with Gasteiger partial charge in [0.25, 0.3) is 11.8 Å². The first-order valence-electron chi connectivity index (χ1n) is 22.6. The first-order chi connectivity index (χ1) is 31.8. The molecule has 6 rings (SSSR count). The van der Waals surface area contributed by atoms with E-state index in [2.05, 4.69) is 66.2 Å². The summed E-state index contributed by atoms with van der Waals surface area (Å²) < 4.78 is 17.2. The summed E-state index contributed by atoms with van der Waals surface area (Å²) in [5.41, 5.74) is 8.92. The number of hydrogen-bond donors (Lipinski definition) is 7. The molecule has 0 spiro atoms. The van der Waals surface area contributed by atoms with Crippen molar-refractivity contribution in [1.82, 2.24) is 31.8 Å². The molecule has 2 saturated heterocycles. The minimum atomic E-state index is -0.916. The largest absolute Gasteiger partial charge is 0.489 e. The summed E-state index contributed by atoms with van der Waals surface area (Å²) in [5, 5.41) is 27.2. The minimum absolute atomic E-state index is 0.0357. The van der Waals surface area contributed by atoms with E-state index < -0.39 is 34.6 Å². The number of benzene rings is 4. The molecule has 0 aromatic heterocycles.